The van der Waals surface area contributed by atoms with Crippen LogP contribution in [0.5, 0.6) is 5.75 Å². The van der Waals surface area contributed by atoms with Crippen molar-refractivity contribution in [3.8, 4) is 16.9 Å². The van der Waals surface area contributed by atoms with Crippen molar-refractivity contribution in [2.45, 2.75) is 77.0 Å². The lowest BCUT2D eigenvalue weighted by Crippen LogP contribution is -2.29. The van der Waals surface area contributed by atoms with E-state index < -0.39 is 12.1 Å². The van der Waals surface area contributed by atoms with Gasteiger partial charge >= 0.3 is 5.97 Å². The molecule has 0 saturated heterocycles. The van der Waals surface area contributed by atoms with Crippen LogP contribution < -0.4 is 4.74 Å². The quantitative estimate of drug-likeness (QED) is 0.387. The van der Waals surface area contributed by atoms with Crippen molar-refractivity contribution in [1.82, 2.24) is 0 Å². The molecule has 168 valence electrons. The molecule has 2 aromatic rings. The van der Waals surface area contributed by atoms with E-state index in [1.807, 2.05) is 19.1 Å². The van der Waals surface area contributed by atoms with Gasteiger partial charge in [0.25, 0.3) is 0 Å². The van der Waals surface area contributed by atoms with Crippen LogP contribution in [0, 0.1) is 5.92 Å². The summed E-state index contributed by atoms with van der Waals surface area (Å²) in [6.07, 6.45) is 6.34. The number of ether oxygens (including phenoxy) is 2. The summed E-state index contributed by atoms with van der Waals surface area (Å²) in [6.45, 7) is 1.99. The fourth-order valence-electron chi connectivity index (χ4n) is 4.30. The second kappa shape index (κ2) is 11.9. The maximum atomic E-state index is 13.8. The predicted octanol–water partition coefficient (Wildman–Crippen LogP) is 6.93. The molecule has 1 fully saturated rings. The van der Waals surface area contributed by atoms with E-state index in [0.29, 0.717) is 5.92 Å². The topological polar surface area (TPSA) is 35.5 Å². The van der Waals surface area contributed by atoms with Gasteiger partial charge in [0, 0.05) is 0 Å². The second-order valence-electron chi connectivity index (χ2n) is 8.65. The van der Waals surface area contributed by atoms with Gasteiger partial charge in [-0.3, -0.25) is 0 Å². The zero-order valence-corrected chi connectivity index (χ0v) is 18.8. The highest BCUT2D eigenvalue weighted by molar-refractivity contribution is 5.74. The number of esters is 1. The van der Waals surface area contributed by atoms with Crippen molar-refractivity contribution < 1.29 is 18.7 Å². The van der Waals surface area contributed by atoms with Gasteiger partial charge in [-0.15, -0.1) is 0 Å². The van der Waals surface area contributed by atoms with Crippen LogP contribution in [0.15, 0.2) is 48.5 Å². The van der Waals surface area contributed by atoms with Crippen LogP contribution >= 0.6 is 0 Å². The van der Waals surface area contributed by atoms with Gasteiger partial charge in [0.1, 0.15) is 11.9 Å². The SMILES string of the molecule is CCCC[C@H](F)C(=O)O[C@H]1CC[C@H](CCc2ccc(-c3ccc(OC)cc3)cc2)CC1. The summed E-state index contributed by atoms with van der Waals surface area (Å²) in [5.74, 6) is 0.859. The Morgan fingerprint density at radius 1 is 1.00 bits per heavy atom. The standard InChI is InChI=1S/C27H35FO3/c1-3-4-5-26(28)27(29)31-25-16-10-21(11-17-25)7-6-20-8-12-22(13-9-20)23-14-18-24(30-2)19-15-23/h8-9,12-15,18-19,21,25-26H,3-7,10-11,16-17H2,1-2H3/t21-,25-,26-/m0/s1. The highest BCUT2D eigenvalue weighted by atomic mass is 19.1. The van der Waals surface area contributed by atoms with Gasteiger partial charge in [0.05, 0.1) is 7.11 Å². The number of halogens is 1. The molecule has 0 amide bonds. The highest BCUT2D eigenvalue weighted by Gasteiger charge is 2.27. The molecule has 1 saturated carbocycles. The monoisotopic (exact) mass is 426 g/mol. The van der Waals surface area contributed by atoms with E-state index in [2.05, 4.69) is 36.4 Å². The number of benzene rings is 2. The van der Waals surface area contributed by atoms with Crippen molar-refractivity contribution in [2.75, 3.05) is 7.11 Å². The molecular formula is C27H35FO3. The average molecular weight is 427 g/mol. The lowest BCUT2D eigenvalue weighted by Gasteiger charge is -2.28. The maximum absolute atomic E-state index is 13.8. The van der Waals surface area contributed by atoms with Crippen LogP contribution in [0.1, 0.15) is 63.9 Å². The molecule has 31 heavy (non-hydrogen) atoms. The van der Waals surface area contributed by atoms with Gasteiger partial charge in [0.15, 0.2) is 6.17 Å². The number of aryl methyl sites for hydroxylation is 1. The molecule has 0 aromatic heterocycles. The van der Waals surface area contributed by atoms with E-state index in [4.69, 9.17) is 9.47 Å². The first kappa shape index (κ1) is 23.3. The zero-order chi connectivity index (χ0) is 22.1. The van der Waals surface area contributed by atoms with E-state index in [1.165, 1.54) is 16.7 Å². The maximum Gasteiger partial charge on any atom is 0.340 e. The van der Waals surface area contributed by atoms with Crippen molar-refractivity contribution in [3.63, 3.8) is 0 Å². The van der Waals surface area contributed by atoms with Crippen molar-refractivity contribution >= 4 is 5.97 Å². The molecule has 0 N–H and O–H groups in total. The van der Waals surface area contributed by atoms with Crippen LogP contribution in [0.4, 0.5) is 4.39 Å². The Bertz CT molecular complexity index is 792. The van der Waals surface area contributed by atoms with Gasteiger partial charge in [0.2, 0.25) is 0 Å². The second-order valence-corrected chi connectivity index (χ2v) is 8.65. The minimum absolute atomic E-state index is 0.104. The van der Waals surface area contributed by atoms with Gasteiger partial charge in [-0.1, -0.05) is 56.2 Å². The van der Waals surface area contributed by atoms with Crippen LogP contribution in [-0.4, -0.2) is 25.4 Å². The molecule has 0 radical (unpaired) electrons. The number of hydrogen-bond donors (Lipinski definition) is 0. The predicted molar refractivity (Wildman–Crippen MR) is 123 cm³/mol. The minimum atomic E-state index is -1.46. The zero-order valence-electron chi connectivity index (χ0n) is 18.8. The number of rotatable bonds is 10. The van der Waals surface area contributed by atoms with Gasteiger partial charge in [-0.2, -0.15) is 0 Å². The summed E-state index contributed by atoms with van der Waals surface area (Å²) in [5.41, 5.74) is 3.74. The minimum Gasteiger partial charge on any atom is -0.497 e. The van der Waals surface area contributed by atoms with Crippen molar-refractivity contribution in [1.29, 1.82) is 0 Å². The molecule has 1 atom stereocenters. The Morgan fingerprint density at radius 2 is 1.61 bits per heavy atom. The molecule has 3 nitrogen and oxygen atoms in total. The molecule has 0 aliphatic heterocycles. The first-order chi connectivity index (χ1) is 15.1. The highest BCUT2D eigenvalue weighted by Crippen LogP contribution is 2.30. The molecule has 1 aliphatic rings. The molecule has 0 heterocycles. The first-order valence-corrected chi connectivity index (χ1v) is 11.7. The Balaban J connectivity index is 1.39. The Morgan fingerprint density at radius 3 is 2.19 bits per heavy atom. The van der Waals surface area contributed by atoms with Crippen molar-refractivity contribution in [2.24, 2.45) is 5.92 Å². The van der Waals surface area contributed by atoms with E-state index >= 15 is 0 Å². The van der Waals surface area contributed by atoms with Crippen molar-refractivity contribution in [3.05, 3.63) is 54.1 Å². The molecular weight excluding hydrogens is 391 g/mol. The Labute approximate surface area is 186 Å². The molecule has 1 aliphatic carbocycles. The number of unbranched alkanes of at least 4 members (excludes halogenated alkanes) is 1. The molecule has 3 rings (SSSR count). The summed E-state index contributed by atoms with van der Waals surface area (Å²) < 4.78 is 24.4. The fraction of sp³-hybridized carbons (Fsp3) is 0.519. The number of carbonyl (C=O) groups excluding carboxylic acids is 1. The van der Waals surface area contributed by atoms with Gasteiger partial charge in [-0.05, 0) is 79.7 Å². The summed E-state index contributed by atoms with van der Waals surface area (Å²) in [5, 5.41) is 0. The average Bonchev–Trinajstić information content (AvgIpc) is 2.82. The van der Waals surface area contributed by atoms with Crippen LogP contribution in [-0.2, 0) is 16.0 Å². The fourth-order valence-corrected chi connectivity index (χ4v) is 4.30. The molecule has 0 unspecified atom stereocenters. The largest absolute Gasteiger partial charge is 0.497 e. The third-order valence-corrected chi connectivity index (χ3v) is 6.36. The first-order valence-electron chi connectivity index (χ1n) is 11.7. The normalized spacial score (nSPS) is 19.6. The lowest BCUT2D eigenvalue weighted by molar-refractivity contribution is -0.157. The Kier molecular flexibility index (Phi) is 8.93. The molecule has 4 heteroatoms. The smallest absolute Gasteiger partial charge is 0.340 e. The molecule has 0 spiro atoms. The lowest BCUT2D eigenvalue weighted by atomic mass is 9.83. The van der Waals surface area contributed by atoms with Gasteiger partial charge < -0.3 is 9.47 Å². The number of hydrogen-bond acceptors (Lipinski definition) is 3. The van der Waals surface area contributed by atoms with Gasteiger partial charge in [-0.25, -0.2) is 9.18 Å². The summed E-state index contributed by atoms with van der Waals surface area (Å²) in [7, 11) is 1.68. The third-order valence-electron chi connectivity index (χ3n) is 6.36. The summed E-state index contributed by atoms with van der Waals surface area (Å²) in [6, 6.07) is 16.9. The summed E-state index contributed by atoms with van der Waals surface area (Å²) >= 11 is 0. The third kappa shape index (κ3) is 7.09. The number of carbonyl (C=O) groups is 1. The summed E-state index contributed by atoms with van der Waals surface area (Å²) in [4.78, 5) is 11.9. The molecule has 0 bridgehead atoms. The van der Waals surface area contributed by atoms with E-state index in [0.717, 1.165) is 57.1 Å². The van der Waals surface area contributed by atoms with Crippen LogP contribution in [0.25, 0.3) is 11.1 Å². The number of alkyl halides is 1. The number of methoxy groups -OCH3 is 1. The molecule has 2 aromatic carbocycles. The van der Waals surface area contributed by atoms with Crippen LogP contribution in [0.3, 0.4) is 0 Å². The Hall–Kier alpha value is -2.36. The van der Waals surface area contributed by atoms with E-state index in [9.17, 15) is 9.18 Å². The van der Waals surface area contributed by atoms with E-state index in [1.54, 1.807) is 7.11 Å². The van der Waals surface area contributed by atoms with Crippen LogP contribution in [0.2, 0.25) is 0 Å². The van der Waals surface area contributed by atoms with E-state index in [-0.39, 0.29) is 12.5 Å².